The quantitative estimate of drug-likeness (QED) is 0.0212. The summed E-state index contributed by atoms with van der Waals surface area (Å²) in [6, 6.07) is 14.6. The maximum absolute atomic E-state index is 14.0. The summed E-state index contributed by atoms with van der Waals surface area (Å²) < 4.78 is 70.3. The van der Waals surface area contributed by atoms with E-state index in [-0.39, 0.29) is 28.2 Å². The number of phenolic OH excluding ortho intramolecular Hbond substituents is 3. The number of hydrogen-bond donors (Lipinski definition) is 13. The summed E-state index contributed by atoms with van der Waals surface area (Å²) in [4.78, 5) is 53.3. The van der Waals surface area contributed by atoms with Crippen LogP contribution in [0.25, 0.3) is 12.2 Å². The van der Waals surface area contributed by atoms with Gasteiger partial charge >= 0.3 is 23.9 Å². The fourth-order valence-corrected chi connectivity index (χ4v) is 8.93. The number of hydrogen-bond acceptors (Lipinski definition) is 29. The van der Waals surface area contributed by atoms with Gasteiger partial charge in [-0.05, 0) is 59.7 Å². The van der Waals surface area contributed by atoms with Crippen LogP contribution in [0.1, 0.15) is 28.4 Å². The van der Waals surface area contributed by atoms with E-state index in [1.54, 1.807) is 6.07 Å². The number of ether oxygens (including phenoxy) is 12. The third-order valence-corrected chi connectivity index (χ3v) is 13.2. The van der Waals surface area contributed by atoms with Gasteiger partial charge < -0.3 is 123 Å². The van der Waals surface area contributed by atoms with Gasteiger partial charge in [0.05, 0.1) is 32.5 Å². The molecule has 0 amide bonds. The third-order valence-electron chi connectivity index (χ3n) is 13.2. The van der Waals surface area contributed by atoms with Crippen LogP contribution in [-0.4, -0.2) is 247 Å². The van der Waals surface area contributed by atoms with Crippen molar-refractivity contribution >= 4 is 36.0 Å². The van der Waals surface area contributed by atoms with Crippen molar-refractivity contribution in [3.8, 4) is 23.0 Å². The minimum atomic E-state index is -2.93. The minimum absolute atomic E-state index is 0.00459. The Labute approximate surface area is 459 Å². The minimum Gasteiger partial charge on any atom is -0.504 e. The van der Waals surface area contributed by atoms with Crippen molar-refractivity contribution in [1.82, 2.24) is 0 Å². The lowest BCUT2D eigenvalue weighted by atomic mass is 9.95. The molecule has 0 bridgehead atoms. The van der Waals surface area contributed by atoms with Gasteiger partial charge in [0, 0.05) is 19.1 Å². The van der Waals surface area contributed by atoms with Crippen LogP contribution in [-0.2, 0) is 66.5 Å². The van der Waals surface area contributed by atoms with Crippen molar-refractivity contribution in [3.05, 3.63) is 95.6 Å². The van der Waals surface area contributed by atoms with Crippen LogP contribution < -0.4 is 4.74 Å². The molecule has 0 aliphatic carbocycles. The Hall–Kier alpha value is -6.46. The van der Waals surface area contributed by atoms with Crippen molar-refractivity contribution in [3.63, 3.8) is 0 Å². The van der Waals surface area contributed by atoms with E-state index in [2.05, 4.69) is 0 Å². The van der Waals surface area contributed by atoms with Gasteiger partial charge in [-0.25, -0.2) is 14.4 Å². The van der Waals surface area contributed by atoms with Gasteiger partial charge in [-0.1, -0.05) is 30.3 Å². The van der Waals surface area contributed by atoms with Gasteiger partial charge in [-0.3, -0.25) is 4.79 Å². The number of aromatic hydroxyl groups is 3. The summed E-state index contributed by atoms with van der Waals surface area (Å²) >= 11 is 0. The SMILES string of the molecule is COc1cc(C=CC(=O)O[C@H]2[C@H](O[C@@H]3O[C@H](COC(C)=O)[C@@H](O)[C@H](O)[C@H]3O)[C@@H](O[C@@H]3O[C@H](CO)[C@@H](O)[C@H](O)[C@H]3O)[C@@H](O[C@]3(COC(=O)C=Cc4ccc(O)c(O)c4)O[C@H](CO)[C@@H](O)[C@@H]3OC(=O)c3ccccc3)O[C@@H]2CO)ccc1O. The van der Waals surface area contributed by atoms with Gasteiger partial charge in [-0.15, -0.1) is 0 Å². The monoisotopic (exact) mass is 1150 g/mol. The zero-order valence-electron chi connectivity index (χ0n) is 42.9. The number of carbonyl (C=O) groups excluding carboxylic acids is 4. The summed E-state index contributed by atoms with van der Waals surface area (Å²) in [6.45, 7) is -4.29. The average molecular weight is 1150 g/mol. The maximum Gasteiger partial charge on any atom is 0.338 e. The topological polar surface area (TPSA) is 442 Å². The summed E-state index contributed by atoms with van der Waals surface area (Å²) in [5, 5.41) is 140. The summed E-state index contributed by atoms with van der Waals surface area (Å²) in [5.74, 6) is -8.74. The van der Waals surface area contributed by atoms with E-state index < -0.39 is 185 Å². The predicted octanol–water partition coefficient (Wildman–Crippen LogP) is -3.66. The van der Waals surface area contributed by atoms with Crippen LogP contribution in [0, 0.1) is 0 Å². The van der Waals surface area contributed by atoms with Crippen LogP contribution in [0.4, 0.5) is 0 Å². The van der Waals surface area contributed by atoms with Crippen molar-refractivity contribution < 1.29 is 142 Å². The molecular formula is C52H62O29. The van der Waals surface area contributed by atoms with Crippen molar-refractivity contribution in [2.45, 2.75) is 123 Å². The van der Waals surface area contributed by atoms with Gasteiger partial charge in [0.25, 0.3) is 0 Å². The highest BCUT2D eigenvalue weighted by molar-refractivity contribution is 5.90. The molecule has 3 aromatic rings. The Morgan fingerprint density at radius 3 is 1.74 bits per heavy atom. The predicted molar refractivity (Wildman–Crippen MR) is 263 cm³/mol. The molecule has 4 heterocycles. The van der Waals surface area contributed by atoms with Crippen molar-refractivity contribution in [2.75, 3.05) is 40.1 Å². The summed E-state index contributed by atoms with van der Waals surface area (Å²) in [6.07, 6.45) is -33.8. The molecular weight excluding hydrogens is 1090 g/mol. The molecule has 81 heavy (non-hydrogen) atoms. The zero-order valence-corrected chi connectivity index (χ0v) is 42.9. The van der Waals surface area contributed by atoms with E-state index in [9.17, 15) is 85.6 Å². The molecule has 7 rings (SSSR count). The first-order chi connectivity index (χ1) is 38.6. The highest BCUT2D eigenvalue weighted by Gasteiger charge is 2.64. The Balaban J connectivity index is 1.36. The molecule has 0 spiro atoms. The van der Waals surface area contributed by atoms with Gasteiger partial charge in [0.15, 0.2) is 54.1 Å². The molecule has 4 fully saturated rings. The fraction of sp³-hybridized carbons (Fsp3) is 0.500. The first-order valence-electron chi connectivity index (χ1n) is 24.9. The fourth-order valence-electron chi connectivity index (χ4n) is 8.93. The molecule has 4 aliphatic heterocycles. The lowest BCUT2D eigenvalue weighted by Gasteiger charge is -2.50. The number of carbonyl (C=O) groups is 4. The number of aliphatic hydroxyl groups excluding tert-OH is 10. The van der Waals surface area contributed by atoms with E-state index >= 15 is 0 Å². The number of methoxy groups -OCH3 is 1. The molecule has 13 N–H and O–H groups in total. The number of rotatable bonds is 21. The summed E-state index contributed by atoms with van der Waals surface area (Å²) in [7, 11) is 1.27. The standard InChI is InChI=1S/C52H62O29/c1-23(56)71-21-34-38(63)41(66)43(68)50(75-34)77-45-44(76-36(61)15-11-25-9-13-28(58)30(17-25)70-2)33(20-55)74-51(46(45)78-49-42(67)40(65)37(62)31(18-53)73-49)81-52(22-72-35(60)14-10-24-8-12-27(57)29(59)16-24)47(39(64)32(19-54)80-52)79-48(69)26-6-4-3-5-7-26/h3-17,31-34,37-47,49-51,53-55,57-59,62-68H,18-22H2,1-2H3/t31-,32-,33-,34-,37-,38-,39-,40+,41+,42-,43-,44-,45+,46-,47+,49+,50+,51-,52+/m1/s1. The zero-order chi connectivity index (χ0) is 58.9. The van der Waals surface area contributed by atoms with Crippen molar-refractivity contribution in [1.29, 1.82) is 0 Å². The van der Waals surface area contributed by atoms with E-state index in [1.807, 2.05) is 0 Å². The first-order valence-corrected chi connectivity index (χ1v) is 24.9. The van der Waals surface area contributed by atoms with E-state index in [4.69, 9.17) is 56.8 Å². The Bertz CT molecular complexity index is 2670. The Morgan fingerprint density at radius 1 is 0.568 bits per heavy atom. The van der Waals surface area contributed by atoms with E-state index in [0.29, 0.717) is 0 Å². The van der Waals surface area contributed by atoms with Gasteiger partial charge in [0.1, 0.15) is 92.6 Å². The second-order valence-electron chi connectivity index (χ2n) is 18.7. The van der Waals surface area contributed by atoms with Crippen LogP contribution >= 0.6 is 0 Å². The molecule has 0 aromatic heterocycles. The number of benzene rings is 3. The first kappa shape index (κ1) is 62.1. The molecule has 29 heteroatoms. The molecule has 0 saturated carbocycles. The van der Waals surface area contributed by atoms with E-state index in [0.717, 1.165) is 37.3 Å². The molecule has 4 saturated heterocycles. The second kappa shape index (κ2) is 27.5. The molecule has 444 valence electrons. The highest BCUT2D eigenvalue weighted by atomic mass is 16.8. The normalized spacial score (nSPS) is 34.2. The molecule has 19 atom stereocenters. The largest absolute Gasteiger partial charge is 0.504 e. The van der Waals surface area contributed by atoms with Crippen LogP contribution in [0.15, 0.2) is 78.9 Å². The Kier molecular flexibility index (Phi) is 21.1. The van der Waals surface area contributed by atoms with Gasteiger partial charge in [-0.2, -0.15) is 0 Å². The molecule has 0 unspecified atom stereocenters. The molecule has 4 aliphatic rings. The smallest absolute Gasteiger partial charge is 0.338 e. The summed E-state index contributed by atoms with van der Waals surface area (Å²) in [5.41, 5.74) is 0.307. The maximum atomic E-state index is 14.0. The second-order valence-corrected chi connectivity index (χ2v) is 18.7. The number of phenols is 3. The van der Waals surface area contributed by atoms with Crippen LogP contribution in [0.3, 0.4) is 0 Å². The molecule has 0 radical (unpaired) electrons. The number of esters is 4. The van der Waals surface area contributed by atoms with Crippen LogP contribution in [0.5, 0.6) is 23.0 Å². The van der Waals surface area contributed by atoms with Crippen molar-refractivity contribution in [2.24, 2.45) is 0 Å². The van der Waals surface area contributed by atoms with Crippen LogP contribution in [0.2, 0.25) is 0 Å². The Morgan fingerprint density at radius 2 is 1.14 bits per heavy atom. The third kappa shape index (κ3) is 14.6. The molecule has 3 aromatic carbocycles. The number of aliphatic hydroxyl groups is 10. The average Bonchev–Trinajstić information content (AvgIpc) is 3.99. The lowest BCUT2D eigenvalue weighted by molar-refractivity contribution is -0.421. The lowest BCUT2D eigenvalue weighted by Crippen LogP contribution is -2.69. The highest BCUT2D eigenvalue weighted by Crippen LogP contribution is 2.42. The van der Waals surface area contributed by atoms with Gasteiger partial charge in [0.2, 0.25) is 5.79 Å². The molecule has 29 nitrogen and oxygen atoms in total. The van der Waals surface area contributed by atoms with E-state index in [1.165, 1.54) is 61.7 Å².